The van der Waals surface area contributed by atoms with Gasteiger partial charge in [-0.15, -0.1) is 0 Å². The van der Waals surface area contributed by atoms with Crippen molar-refractivity contribution in [3.8, 4) is 0 Å². The van der Waals surface area contributed by atoms with Crippen LogP contribution in [-0.2, 0) is 49.2 Å². The summed E-state index contributed by atoms with van der Waals surface area (Å²) in [4.78, 5) is 13.7. The van der Waals surface area contributed by atoms with E-state index in [1.54, 1.807) is 6.20 Å². The minimum Gasteiger partial charge on any atom is -0.667 e. The standard InChI is InChI=1S/C10H10N2O.Rh.V/c11-10(13)5-7-6-12-9-4-2-1-3-8(7)9;;/h1-4,6,12H,5H2,(H2,11,13);;/p-1. The first-order valence-corrected chi connectivity index (χ1v) is 4.07. The average molecular weight is 327 g/mol. The Morgan fingerprint density at radius 2 is 2.00 bits per heavy atom. The van der Waals surface area contributed by atoms with Crippen LogP contribution >= 0.6 is 0 Å². The molecule has 0 saturated carbocycles. The molecule has 0 aliphatic rings. The van der Waals surface area contributed by atoms with Crippen molar-refractivity contribution < 1.29 is 42.8 Å². The second-order valence-electron chi connectivity index (χ2n) is 2.96. The first-order valence-electron chi connectivity index (χ1n) is 4.07. The van der Waals surface area contributed by atoms with Gasteiger partial charge in [-0.2, -0.15) is 0 Å². The fourth-order valence-electron chi connectivity index (χ4n) is 1.45. The number of fused-ring (bicyclic) bond motifs is 1. The molecular weight excluding hydrogens is 318 g/mol. The Bertz CT molecular complexity index is 455. The van der Waals surface area contributed by atoms with Gasteiger partial charge in [0.25, 0.3) is 0 Å². The molecule has 0 bridgehead atoms. The van der Waals surface area contributed by atoms with Crippen LogP contribution in [0.3, 0.4) is 0 Å². The molecule has 0 spiro atoms. The van der Waals surface area contributed by atoms with Gasteiger partial charge < -0.3 is 15.5 Å². The van der Waals surface area contributed by atoms with Crippen LogP contribution in [0, 0.1) is 0 Å². The van der Waals surface area contributed by atoms with Crippen LogP contribution in [0.1, 0.15) is 5.56 Å². The molecule has 1 heterocycles. The Balaban J connectivity index is 0.000000980. The molecule has 1 aromatic carbocycles. The Hall–Kier alpha value is -0.562. The van der Waals surface area contributed by atoms with E-state index < -0.39 is 5.91 Å². The second kappa shape index (κ2) is 6.12. The molecule has 2 rings (SSSR count). The van der Waals surface area contributed by atoms with Crippen LogP contribution in [0.4, 0.5) is 0 Å². The van der Waals surface area contributed by atoms with Crippen molar-refractivity contribution in [1.29, 1.82) is 0 Å². The van der Waals surface area contributed by atoms with Crippen molar-refractivity contribution in [2.24, 2.45) is 0 Å². The minimum absolute atomic E-state index is 0. The largest absolute Gasteiger partial charge is 0.667 e. The topological polar surface area (TPSA) is 56.7 Å². The number of hydrogen-bond donors (Lipinski definition) is 1. The summed E-state index contributed by atoms with van der Waals surface area (Å²) >= 11 is 0. The predicted molar refractivity (Wildman–Crippen MR) is 51.3 cm³/mol. The molecule has 1 amide bonds. The summed E-state index contributed by atoms with van der Waals surface area (Å²) in [5.41, 5.74) is 8.79. The summed E-state index contributed by atoms with van der Waals surface area (Å²) in [6.07, 6.45) is 1.97. The Morgan fingerprint density at radius 3 is 2.67 bits per heavy atom. The number of hydrogen-bond acceptors (Lipinski definition) is 1. The summed E-state index contributed by atoms with van der Waals surface area (Å²) in [5.74, 6) is -0.551. The normalized spacial score (nSPS) is 9.07. The van der Waals surface area contributed by atoms with E-state index in [9.17, 15) is 4.79 Å². The smallest absolute Gasteiger partial charge is 0.0533 e. The number of amides is 1. The summed E-state index contributed by atoms with van der Waals surface area (Å²) in [7, 11) is 0. The van der Waals surface area contributed by atoms with Crippen molar-refractivity contribution in [3.05, 3.63) is 41.8 Å². The van der Waals surface area contributed by atoms with Gasteiger partial charge >= 0.3 is 0 Å². The SMILES string of the molecule is [NH-]C(=O)Cc1c[nH]c2ccccc12.[Rh].[V]. The number of aromatic amines is 1. The summed E-state index contributed by atoms with van der Waals surface area (Å²) < 4.78 is 0. The minimum atomic E-state index is -0.551. The van der Waals surface area contributed by atoms with Gasteiger partial charge in [0.2, 0.25) is 0 Å². The summed E-state index contributed by atoms with van der Waals surface area (Å²) in [6, 6.07) is 7.76. The number of aromatic nitrogens is 1. The summed E-state index contributed by atoms with van der Waals surface area (Å²) in [5, 5.41) is 1.03. The van der Waals surface area contributed by atoms with Crippen LogP contribution in [0.15, 0.2) is 30.5 Å². The van der Waals surface area contributed by atoms with Crippen LogP contribution in [0.25, 0.3) is 16.6 Å². The van der Waals surface area contributed by atoms with Gasteiger partial charge in [0, 0.05) is 61.6 Å². The third-order valence-electron chi connectivity index (χ3n) is 2.03. The van der Waals surface area contributed by atoms with Gasteiger partial charge in [0.05, 0.1) is 5.91 Å². The van der Waals surface area contributed by atoms with Crippen molar-refractivity contribution in [2.75, 3.05) is 0 Å². The maximum Gasteiger partial charge on any atom is 0.0533 e. The number of nitrogens with one attached hydrogen (secondary N) is 2. The third kappa shape index (κ3) is 3.20. The molecular formula is C10H9N2ORhV-. The molecule has 5 heteroatoms. The Labute approximate surface area is 112 Å². The number of carbonyl (C=O) groups is 1. The molecule has 3 nitrogen and oxygen atoms in total. The van der Waals surface area contributed by atoms with Gasteiger partial charge in [-0.25, -0.2) is 0 Å². The maximum atomic E-state index is 10.6. The molecule has 0 fully saturated rings. The van der Waals surface area contributed by atoms with E-state index >= 15 is 0 Å². The van der Waals surface area contributed by atoms with Gasteiger partial charge in [-0.1, -0.05) is 18.2 Å². The first-order chi connectivity index (χ1) is 6.27. The molecule has 1 aromatic heterocycles. The van der Waals surface area contributed by atoms with E-state index in [0.29, 0.717) is 0 Å². The zero-order valence-corrected chi connectivity index (χ0v) is 10.8. The number of para-hydroxylation sites is 1. The van der Waals surface area contributed by atoms with E-state index in [1.165, 1.54) is 0 Å². The number of H-pyrrole nitrogens is 1. The third-order valence-corrected chi connectivity index (χ3v) is 2.03. The zero-order valence-electron chi connectivity index (χ0n) is 7.78. The summed E-state index contributed by atoms with van der Waals surface area (Å²) in [6.45, 7) is 0. The van der Waals surface area contributed by atoms with Gasteiger partial charge in [-0.05, 0) is 11.6 Å². The van der Waals surface area contributed by atoms with Crippen molar-refractivity contribution >= 4 is 16.8 Å². The molecule has 2 aromatic rings. The van der Waals surface area contributed by atoms with Crippen LogP contribution in [-0.4, -0.2) is 10.9 Å². The monoisotopic (exact) mass is 327 g/mol. The van der Waals surface area contributed by atoms with E-state index in [0.717, 1.165) is 16.5 Å². The number of rotatable bonds is 2. The fourth-order valence-corrected chi connectivity index (χ4v) is 1.45. The van der Waals surface area contributed by atoms with Crippen LogP contribution in [0.5, 0.6) is 0 Å². The fraction of sp³-hybridized carbons (Fsp3) is 0.100. The first kappa shape index (κ1) is 14.4. The van der Waals surface area contributed by atoms with Crippen molar-refractivity contribution in [2.45, 2.75) is 6.42 Å². The Kier molecular flexibility index (Phi) is 5.89. The maximum absolute atomic E-state index is 10.6. The molecule has 0 atom stereocenters. The van der Waals surface area contributed by atoms with Gasteiger partial charge in [0.15, 0.2) is 0 Å². The molecule has 0 unspecified atom stereocenters. The van der Waals surface area contributed by atoms with Crippen LogP contribution < -0.4 is 0 Å². The number of benzene rings is 1. The van der Waals surface area contributed by atoms with E-state index in [4.69, 9.17) is 5.73 Å². The van der Waals surface area contributed by atoms with E-state index in [1.807, 2.05) is 24.3 Å². The molecule has 0 saturated heterocycles. The second-order valence-corrected chi connectivity index (χ2v) is 2.96. The molecule has 2 N–H and O–H groups in total. The van der Waals surface area contributed by atoms with E-state index in [-0.39, 0.29) is 44.5 Å². The van der Waals surface area contributed by atoms with Gasteiger partial charge in [-0.3, -0.25) is 0 Å². The van der Waals surface area contributed by atoms with Gasteiger partial charge in [0.1, 0.15) is 0 Å². The zero-order chi connectivity index (χ0) is 9.26. The van der Waals surface area contributed by atoms with Crippen molar-refractivity contribution in [3.63, 3.8) is 0 Å². The Morgan fingerprint density at radius 1 is 1.33 bits per heavy atom. The molecule has 0 aliphatic heterocycles. The average Bonchev–Trinajstić information content (AvgIpc) is 2.48. The molecule has 15 heavy (non-hydrogen) atoms. The molecule has 0 aliphatic carbocycles. The van der Waals surface area contributed by atoms with Crippen molar-refractivity contribution in [1.82, 2.24) is 4.98 Å². The number of carbonyl (C=O) groups excluding carboxylic acids is 1. The molecule has 80 valence electrons. The quantitative estimate of drug-likeness (QED) is 0.846. The molecule has 2 radical (unpaired) electrons. The van der Waals surface area contributed by atoms with Crippen LogP contribution in [0.2, 0.25) is 0 Å². The predicted octanol–water partition coefficient (Wildman–Crippen LogP) is 2.28. The van der Waals surface area contributed by atoms with E-state index in [2.05, 4.69) is 4.98 Å².